The molecule has 1 atom stereocenters. The average Bonchev–Trinajstić information content (AvgIpc) is 2.74. The fraction of sp³-hybridized carbons (Fsp3) is 0.667. The van der Waals surface area contributed by atoms with Crippen LogP contribution >= 0.6 is 11.3 Å². The highest BCUT2D eigenvalue weighted by Gasteiger charge is 2.22. The van der Waals surface area contributed by atoms with Gasteiger partial charge in [0.15, 0.2) is 5.82 Å². The van der Waals surface area contributed by atoms with Crippen molar-refractivity contribution in [1.29, 1.82) is 0 Å². The zero-order valence-corrected chi connectivity index (χ0v) is 11.3. The molecule has 0 saturated heterocycles. The maximum atomic E-state index is 4.65. The van der Waals surface area contributed by atoms with Gasteiger partial charge in [0.25, 0.3) is 0 Å². The molecule has 1 N–H and O–H groups in total. The second-order valence-corrected chi connectivity index (χ2v) is 6.34. The summed E-state index contributed by atoms with van der Waals surface area (Å²) in [5, 5.41) is 8.13. The molecule has 2 aromatic rings. The van der Waals surface area contributed by atoms with E-state index in [9.17, 15) is 0 Å². The summed E-state index contributed by atoms with van der Waals surface area (Å²) >= 11 is 1.78. The molecule has 3 rings (SSSR count). The number of rotatable bonds is 2. The SMILES string of the molecule is CC(C)Cc1nc2sc3c(n2n1)CC(C)NC3. The van der Waals surface area contributed by atoms with Gasteiger partial charge in [-0.05, 0) is 12.8 Å². The van der Waals surface area contributed by atoms with Gasteiger partial charge in [0, 0.05) is 30.3 Å². The van der Waals surface area contributed by atoms with Crippen LogP contribution in [0.15, 0.2) is 0 Å². The van der Waals surface area contributed by atoms with Gasteiger partial charge in [0.1, 0.15) is 0 Å². The number of nitrogens with one attached hydrogen (secondary N) is 1. The predicted octanol–water partition coefficient (Wildman–Crippen LogP) is 2.02. The van der Waals surface area contributed by atoms with Crippen LogP contribution in [0, 0.1) is 5.92 Å². The molecular weight excluding hydrogens is 232 g/mol. The summed E-state index contributed by atoms with van der Waals surface area (Å²) in [5.41, 5.74) is 1.36. The third kappa shape index (κ3) is 1.98. The van der Waals surface area contributed by atoms with E-state index in [1.165, 1.54) is 10.6 Å². The third-order valence-electron chi connectivity index (χ3n) is 3.11. The first-order valence-corrected chi connectivity index (χ1v) is 7.04. The van der Waals surface area contributed by atoms with E-state index in [-0.39, 0.29) is 0 Å². The van der Waals surface area contributed by atoms with E-state index in [1.807, 2.05) is 0 Å². The highest BCUT2D eigenvalue weighted by atomic mass is 32.1. The molecule has 0 fully saturated rings. The molecule has 3 heterocycles. The molecule has 17 heavy (non-hydrogen) atoms. The van der Waals surface area contributed by atoms with Crippen LogP contribution in [0.4, 0.5) is 0 Å². The van der Waals surface area contributed by atoms with Gasteiger partial charge in [-0.2, -0.15) is 5.10 Å². The molecule has 0 saturated carbocycles. The van der Waals surface area contributed by atoms with Crippen molar-refractivity contribution in [3.05, 3.63) is 16.4 Å². The van der Waals surface area contributed by atoms with Crippen LogP contribution in [0.2, 0.25) is 0 Å². The number of hydrogen-bond donors (Lipinski definition) is 1. The fourth-order valence-electron chi connectivity index (χ4n) is 2.29. The zero-order valence-electron chi connectivity index (χ0n) is 10.5. The predicted molar refractivity (Wildman–Crippen MR) is 69.4 cm³/mol. The minimum absolute atomic E-state index is 0.540. The Bertz CT molecular complexity index is 540. The Morgan fingerprint density at radius 2 is 2.35 bits per heavy atom. The molecule has 0 aliphatic carbocycles. The standard InChI is InChI=1S/C12H18N4S/c1-7(2)4-11-14-12-16(15-11)9-5-8(3)13-6-10(9)17-12/h7-8,13H,4-6H2,1-3H3. The van der Waals surface area contributed by atoms with Crippen molar-refractivity contribution in [1.82, 2.24) is 19.9 Å². The molecule has 1 aliphatic heterocycles. The normalized spacial score (nSPS) is 20.1. The summed E-state index contributed by atoms with van der Waals surface area (Å²) in [7, 11) is 0. The minimum Gasteiger partial charge on any atom is -0.309 e. The summed E-state index contributed by atoms with van der Waals surface area (Å²) in [6.45, 7) is 7.59. The van der Waals surface area contributed by atoms with Gasteiger partial charge < -0.3 is 5.32 Å². The molecule has 1 unspecified atom stereocenters. The molecule has 0 radical (unpaired) electrons. The van der Waals surface area contributed by atoms with Crippen LogP contribution in [-0.4, -0.2) is 20.6 Å². The van der Waals surface area contributed by atoms with Crippen molar-refractivity contribution in [2.45, 2.75) is 46.2 Å². The smallest absolute Gasteiger partial charge is 0.212 e. The van der Waals surface area contributed by atoms with E-state index in [1.54, 1.807) is 11.3 Å². The number of fused-ring (bicyclic) bond motifs is 3. The largest absolute Gasteiger partial charge is 0.309 e. The maximum Gasteiger partial charge on any atom is 0.212 e. The Morgan fingerprint density at radius 3 is 3.12 bits per heavy atom. The Balaban J connectivity index is 2.01. The summed E-state index contributed by atoms with van der Waals surface area (Å²) in [5.74, 6) is 1.60. The lowest BCUT2D eigenvalue weighted by molar-refractivity contribution is 0.504. The van der Waals surface area contributed by atoms with Crippen molar-refractivity contribution in [3.8, 4) is 0 Å². The van der Waals surface area contributed by atoms with Crippen molar-refractivity contribution in [2.75, 3.05) is 0 Å². The number of aromatic nitrogens is 3. The van der Waals surface area contributed by atoms with Crippen molar-refractivity contribution < 1.29 is 0 Å². The molecule has 92 valence electrons. The highest BCUT2D eigenvalue weighted by Crippen LogP contribution is 2.26. The van der Waals surface area contributed by atoms with Gasteiger partial charge >= 0.3 is 0 Å². The molecule has 0 aromatic carbocycles. The van der Waals surface area contributed by atoms with E-state index in [4.69, 9.17) is 0 Å². The van der Waals surface area contributed by atoms with E-state index in [2.05, 4.69) is 40.7 Å². The maximum absolute atomic E-state index is 4.65. The van der Waals surface area contributed by atoms with Gasteiger partial charge in [-0.3, -0.25) is 0 Å². The van der Waals surface area contributed by atoms with Crippen LogP contribution in [0.25, 0.3) is 4.96 Å². The van der Waals surface area contributed by atoms with E-state index >= 15 is 0 Å². The first-order chi connectivity index (χ1) is 8.13. The van der Waals surface area contributed by atoms with Crippen molar-refractivity contribution in [3.63, 3.8) is 0 Å². The lowest BCUT2D eigenvalue weighted by Crippen LogP contribution is -2.32. The summed E-state index contributed by atoms with van der Waals surface area (Å²) in [6.07, 6.45) is 2.02. The third-order valence-corrected chi connectivity index (χ3v) is 4.19. The van der Waals surface area contributed by atoms with Crippen molar-refractivity contribution in [2.24, 2.45) is 5.92 Å². The average molecular weight is 250 g/mol. The van der Waals surface area contributed by atoms with E-state index in [0.29, 0.717) is 12.0 Å². The molecule has 0 spiro atoms. The lowest BCUT2D eigenvalue weighted by Gasteiger charge is -2.19. The second kappa shape index (κ2) is 4.07. The van der Waals surface area contributed by atoms with Crippen LogP contribution in [-0.2, 0) is 19.4 Å². The Morgan fingerprint density at radius 1 is 1.53 bits per heavy atom. The fourth-order valence-corrected chi connectivity index (χ4v) is 3.34. The second-order valence-electron chi connectivity index (χ2n) is 5.28. The quantitative estimate of drug-likeness (QED) is 0.886. The Hall–Kier alpha value is -0.940. The topological polar surface area (TPSA) is 42.2 Å². The molecular formula is C12H18N4S. The van der Waals surface area contributed by atoms with Crippen LogP contribution in [0.5, 0.6) is 0 Å². The summed E-state index contributed by atoms with van der Waals surface area (Å²) in [6, 6.07) is 0.540. The minimum atomic E-state index is 0.540. The van der Waals surface area contributed by atoms with Gasteiger partial charge in [0.2, 0.25) is 4.96 Å². The molecule has 0 bridgehead atoms. The summed E-state index contributed by atoms with van der Waals surface area (Å²) in [4.78, 5) is 7.08. The van der Waals surface area contributed by atoms with Crippen LogP contribution in [0.3, 0.4) is 0 Å². The molecule has 2 aromatic heterocycles. The van der Waals surface area contributed by atoms with Gasteiger partial charge in [-0.15, -0.1) is 0 Å². The monoisotopic (exact) mass is 250 g/mol. The summed E-state index contributed by atoms with van der Waals surface area (Å²) < 4.78 is 2.06. The highest BCUT2D eigenvalue weighted by molar-refractivity contribution is 7.17. The van der Waals surface area contributed by atoms with Crippen molar-refractivity contribution >= 4 is 16.3 Å². The lowest BCUT2D eigenvalue weighted by atomic mass is 10.1. The van der Waals surface area contributed by atoms with Crippen LogP contribution < -0.4 is 5.32 Å². The van der Waals surface area contributed by atoms with Gasteiger partial charge in [-0.1, -0.05) is 25.2 Å². The zero-order chi connectivity index (χ0) is 12.0. The number of nitrogens with zero attached hydrogens (tertiary/aromatic N) is 3. The Labute approximate surface area is 105 Å². The first kappa shape index (κ1) is 11.2. The molecule has 1 aliphatic rings. The molecule has 5 heteroatoms. The van der Waals surface area contributed by atoms with E-state index in [0.717, 1.165) is 30.2 Å². The molecule has 0 amide bonds. The number of thiazole rings is 1. The van der Waals surface area contributed by atoms with E-state index < -0.39 is 0 Å². The molecule has 4 nitrogen and oxygen atoms in total. The van der Waals surface area contributed by atoms with Crippen LogP contribution in [0.1, 0.15) is 37.2 Å². The Kier molecular flexibility index (Phi) is 2.67. The van der Waals surface area contributed by atoms with Gasteiger partial charge in [0.05, 0.1) is 5.69 Å². The van der Waals surface area contributed by atoms with Gasteiger partial charge in [-0.25, -0.2) is 9.50 Å². The number of hydrogen-bond acceptors (Lipinski definition) is 4. The first-order valence-electron chi connectivity index (χ1n) is 6.23.